The maximum atomic E-state index is 12.9. The van der Waals surface area contributed by atoms with Gasteiger partial charge in [0.25, 0.3) is 5.91 Å². The monoisotopic (exact) mass is 429 g/mol. The van der Waals surface area contributed by atoms with E-state index < -0.39 is 5.97 Å². The maximum absolute atomic E-state index is 12.9. The number of amides is 1. The number of carbonyl (C=O) groups excluding carboxylic acids is 2. The highest BCUT2D eigenvalue weighted by Gasteiger charge is 2.35. The van der Waals surface area contributed by atoms with Crippen molar-refractivity contribution >= 4 is 28.2 Å². The van der Waals surface area contributed by atoms with Crippen LogP contribution in [0.2, 0.25) is 0 Å². The van der Waals surface area contributed by atoms with Gasteiger partial charge in [0.15, 0.2) is 11.5 Å². The molecule has 0 radical (unpaired) electrons. The molecular weight excluding hydrogens is 402 g/mol. The van der Waals surface area contributed by atoms with Crippen LogP contribution in [0.3, 0.4) is 0 Å². The first kappa shape index (κ1) is 20.7. The molecule has 0 spiro atoms. The van der Waals surface area contributed by atoms with E-state index in [0.717, 1.165) is 31.2 Å². The molecular formula is C23H27NO5S. The van der Waals surface area contributed by atoms with Crippen molar-refractivity contribution in [1.82, 2.24) is 0 Å². The first-order valence-electron chi connectivity index (χ1n) is 10.3. The average molecular weight is 430 g/mol. The highest BCUT2D eigenvalue weighted by atomic mass is 32.1. The Balaban J connectivity index is 1.63. The molecule has 30 heavy (non-hydrogen) atoms. The molecule has 0 saturated heterocycles. The number of methoxy groups -OCH3 is 1. The van der Waals surface area contributed by atoms with Crippen LogP contribution < -0.4 is 14.8 Å². The SMILES string of the molecule is CCC(C)(C)C1CCc2c(sc(NC(=O)c3ccc4c(c3)OCO4)c2C(=O)OC)C1. The molecule has 2 aliphatic rings. The largest absolute Gasteiger partial charge is 0.465 e. The minimum atomic E-state index is -0.401. The lowest BCUT2D eigenvalue weighted by molar-refractivity contribution is 0.0600. The maximum Gasteiger partial charge on any atom is 0.341 e. The Kier molecular flexibility index (Phi) is 5.49. The Bertz CT molecular complexity index is 994. The normalized spacial score (nSPS) is 17.4. The van der Waals surface area contributed by atoms with E-state index in [1.54, 1.807) is 18.2 Å². The first-order valence-corrected chi connectivity index (χ1v) is 11.1. The molecule has 7 heteroatoms. The fourth-order valence-corrected chi connectivity index (χ4v) is 5.47. The van der Waals surface area contributed by atoms with Crippen molar-refractivity contribution in [2.75, 3.05) is 19.2 Å². The zero-order chi connectivity index (χ0) is 21.5. The van der Waals surface area contributed by atoms with Crippen LogP contribution in [-0.4, -0.2) is 25.8 Å². The van der Waals surface area contributed by atoms with Gasteiger partial charge in [-0.1, -0.05) is 27.2 Å². The predicted molar refractivity (Wildman–Crippen MR) is 116 cm³/mol. The fourth-order valence-electron chi connectivity index (χ4n) is 4.16. The van der Waals surface area contributed by atoms with Crippen LogP contribution in [0.5, 0.6) is 11.5 Å². The van der Waals surface area contributed by atoms with Gasteiger partial charge in [-0.15, -0.1) is 11.3 Å². The Hall–Kier alpha value is -2.54. The van der Waals surface area contributed by atoms with Crippen LogP contribution in [0.4, 0.5) is 5.00 Å². The van der Waals surface area contributed by atoms with Gasteiger partial charge in [-0.25, -0.2) is 4.79 Å². The molecule has 1 aliphatic heterocycles. The topological polar surface area (TPSA) is 73.9 Å². The van der Waals surface area contributed by atoms with Gasteiger partial charge < -0.3 is 19.5 Å². The Morgan fingerprint density at radius 2 is 2.03 bits per heavy atom. The van der Waals surface area contributed by atoms with Crippen molar-refractivity contribution in [1.29, 1.82) is 0 Å². The molecule has 0 bridgehead atoms. The minimum absolute atomic E-state index is 0.153. The molecule has 1 N–H and O–H groups in total. The number of hydrogen-bond acceptors (Lipinski definition) is 6. The Morgan fingerprint density at radius 1 is 1.27 bits per heavy atom. The molecule has 2 aromatic rings. The van der Waals surface area contributed by atoms with Crippen LogP contribution in [0, 0.1) is 11.3 Å². The van der Waals surface area contributed by atoms with E-state index in [2.05, 4.69) is 26.1 Å². The summed E-state index contributed by atoms with van der Waals surface area (Å²) in [5, 5.41) is 3.50. The van der Waals surface area contributed by atoms with Gasteiger partial charge in [0.05, 0.1) is 12.7 Å². The summed E-state index contributed by atoms with van der Waals surface area (Å²) >= 11 is 1.50. The standard InChI is InChI=1S/C23H27NO5S/c1-5-23(2,3)14-7-8-15-18(11-14)30-21(19(15)22(26)27-4)24-20(25)13-6-9-16-17(10-13)29-12-28-16/h6,9-10,14H,5,7-8,11-12H2,1-4H3,(H,24,25). The number of benzene rings is 1. The van der Waals surface area contributed by atoms with Gasteiger partial charge in [-0.05, 0) is 54.4 Å². The molecule has 2 heterocycles. The number of ether oxygens (including phenoxy) is 3. The molecule has 160 valence electrons. The summed E-state index contributed by atoms with van der Waals surface area (Å²) in [4.78, 5) is 26.7. The van der Waals surface area contributed by atoms with Crippen LogP contribution in [0.1, 0.15) is 64.8 Å². The first-order chi connectivity index (χ1) is 14.3. The van der Waals surface area contributed by atoms with Gasteiger partial charge in [-0.3, -0.25) is 4.79 Å². The van der Waals surface area contributed by atoms with Gasteiger partial charge in [-0.2, -0.15) is 0 Å². The molecule has 4 rings (SSSR count). The quantitative estimate of drug-likeness (QED) is 0.673. The van der Waals surface area contributed by atoms with Gasteiger partial charge >= 0.3 is 5.97 Å². The van der Waals surface area contributed by atoms with Crippen molar-refractivity contribution < 1.29 is 23.8 Å². The summed E-state index contributed by atoms with van der Waals surface area (Å²) in [6.45, 7) is 6.99. The van der Waals surface area contributed by atoms with Crippen molar-refractivity contribution in [2.24, 2.45) is 11.3 Å². The Labute approximate surface area is 180 Å². The molecule has 1 aromatic carbocycles. The molecule has 1 atom stereocenters. The number of anilines is 1. The van der Waals surface area contributed by atoms with E-state index in [9.17, 15) is 9.59 Å². The predicted octanol–water partition coefficient (Wildman–Crippen LogP) is 5.06. The lowest BCUT2D eigenvalue weighted by atomic mass is 9.69. The molecule has 1 unspecified atom stereocenters. The third kappa shape index (κ3) is 3.67. The van der Waals surface area contributed by atoms with E-state index in [-0.39, 0.29) is 18.1 Å². The van der Waals surface area contributed by atoms with Crippen molar-refractivity contribution in [3.05, 3.63) is 39.8 Å². The summed E-state index contributed by atoms with van der Waals surface area (Å²) in [5.74, 6) is 1.03. The second-order valence-electron chi connectivity index (χ2n) is 8.50. The fraction of sp³-hybridized carbons (Fsp3) is 0.478. The number of esters is 1. The molecule has 0 fully saturated rings. The lowest BCUT2D eigenvalue weighted by Gasteiger charge is -2.36. The summed E-state index contributed by atoms with van der Waals surface area (Å²) in [6.07, 6.45) is 3.88. The summed E-state index contributed by atoms with van der Waals surface area (Å²) < 4.78 is 15.7. The third-order valence-corrected chi connectivity index (χ3v) is 7.70. The highest BCUT2D eigenvalue weighted by Crippen LogP contribution is 2.45. The molecule has 1 aromatic heterocycles. The number of carbonyl (C=O) groups is 2. The number of fused-ring (bicyclic) bond motifs is 2. The molecule has 6 nitrogen and oxygen atoms in total. The van der Waals surface area contributed by atoms with E-state index in [1.165, 1.54) is 23.3 Å². The number of hydrogen-bond donors (Lipinski definition) is 1. The molecule has 0 saturated carbocycles. The van der Waals surface area contributed by atoms with Crippen molar-refractivity contribution in [2.45, 2.75) is 46.5 Å². The van der Waals surface area contributed by atoms with E-state index in [0.29, 0.717) is 33.5 Å². The number of rotatable bonds is 5. The second-order valence-corrected chi connectivity index (χ2v) is 9.61. The van der Waals surface area contributed by atoms with Crippen molar-refractivity contribution in [3.8, 4) is 11.5 Å². The summed E-state index contributed by atoms with van der Waals surface area (Å²) in [5.41, 5.74) is 2.21. The van der Waals surface area contributed by atoms with Crippen LogP contribution in [0.15, 0.2) is 18.2 Å². The molecule has 1 aliphatic carbocycles. The van der Waals surface area contributed by atoms with Crippen LogP contribution in [0.25, 0.3) is 0 Å². The Morgan fingerprint density at radius 3 is 2.77 bits per heavy atom. The second kappa shape index (κ2) is 7.95. The summed E-state index contributed by atoms with van der Waals surface area (Å²) in [7, 11) is 1.38. The van der Waals surface area contributed by atoms with E-state index in [1.807, 2.05) is 0 Å². The van der Waals surface area contributed by atoms with E-state index in [4.69, 9.17) is 14.2 Å². The number of nitrogens with one attached hydrogen (secondary N) is 1. The zero-order valence-electron chi connectivity index (χ0n) is 17.8. The summed E-state index contributed by atoms with van der Waals surface area (Å²) in [6, 6.07) is 5.06. The average Bonchev–Trinajstić information content (AvgIpc) is 3.35. The molecule has 1 amide bonds. The lowest BCUT2D eigenvalue weighted by Crippen LogP contribution is -2.28. The van der Waals surface area contributed by atoms with Crippen LogP contribution >= 0.6 is 11.3 Å². The van der Waals surface area contributed by atoms with Gasteiger partial charge in [0.1, 0.15) is 5.00 Å². The third-order valence-electron chi connectivity index (χ3n) is 6.53. The van der Waals surface area contributed by atoms with Crippen molar-refractivity contribution in [3.63, 3.8) is 0 Å². The van der Waals surface area contributed by atoms with Gasteiger partial charge in [0, 0.05) is 10.4 Å². The minimum Gasteiger partial charge on any atom is -0.465 e. The van der Waals surface area contributed by atoms with Crippen LogP contribution in [-0.2, 0) is 17.6 Å². The van der Waals surface area contributed by atoms with Gasteiger partial charge in [0.2, 0.25) is 6.79 Å². The van der Waals surface area contributed by atoms with E-state index >= 15 is 0 Å². The zero-order valence-corrected chi connectivity index (χ0v) is 18.6. The number of thiophene rings is 1. The highest BCUT2D eigenvalue weighted by molar-refractivity contribution is 7.17. The smallest absolute Gasteiger partial charge is 0.341 e.